The van der Waals surface area contributed by atoms with Crippen LogP contribution in [0.25, 0.3) is 0 Å². The van der Waals surface area contributed by atoms with E-state index in [2.05, 4.69) is 17.2 Å². The summed E-state index contributed by atoms with van der Waals surface area (Å²) in [6, 6.07) is 0. The Hall–Kier alpha value is -0.0400. The van der Waals surface area contributed by atoms with Gasteiger partial charge in [-0.2, -0.15) is 0 Å². The van der Waals surface area contributed by atoms with Crippen LogP contribution < -0.4 is 11.1 Å². The first-order chi connectivity index (χ1) is 6.66. The summed E-state index contributed by atoms with van der Waals surface area (Å²) in [4.78, 5) is 4.12. The standard InChI is InChI=1S/C10H23N3O.HI/c1-4-6-12-10(11)13-7-5-8-14-9(2)3;/h9H,4-8H2,1-3H3,(H3,11,12,13);1H. The molecule has 5 heteroatoms. The molecule has 0 unspecified atom stereocenters. The molecule has 0 radical (unpaired) electrons. The molecule has 4 nitrogen and oxygen atoms in total. The average Bonchev–Trinajstić information content (AvgIpc) is 2.13. The fourth-order valence-corrected chi connectivity index (χ4v) is 0.896. The van der Waals surface area contributed by atoms with Crippen LogP contribution in [0.4, 0.5) is 0 Å². The molecule has 3 N–H and O–H groups in total. The Kier molecular flexibility index (Phi) is 13.9. The van der Waals surface area contributed by atoms with Gasteiger partial charge in [-0.05, 0) is 26.7 Å². The summed E-state index contributed by atoms with van der Waals surface area (Å²) in [5, 5.41) is 3.04. The molecule has 0 atom stereocenters. The Morgan fingerprint density at radius 3 is 2.67 bits per heavy atom. The monoisotopic (exact) mass is 329 g/mol. The fraction of sp³-hybridized carbons (Fsp3) is 0.900. The van der Waals surface area contributed by atoms with Crippen molar-refractivity contribution in [2.75, 3.05) is 19.7 Å². The molecule has 92 valence electrons. The van der Waals surface area contributed by atoms with Gasteiger partial charge < -0.3 is 15.8 Å². The predicted molar refractivity (Wildman–Crippen MR) is 75.9 cm³/mol. The first-order valence-electron chi connectivity index (χ1n) is 5.32. The van der Waals surface area contributed by atoms with Crippen molar-refractivity contribution in [1.29, 1.82) is 0 Å². The molecule has 0 saturated carbocycles. The van der Waals surface area contributed by atoms with Crippen molar-refractivity contribution in [2.45, 2.75) is 39.7 Å². The second-order valence-electron chi connectivity index (χ2n) is 3.47. The van der Waals surface area contributed by atoms with Crippen molar-refractivity contribution in [1.82, 2.24) is 5.32 Å². The Morgan fingerprint density at radius 1 is 1.47 bits per heavy atom. The highest BCUT2D eigenvalue weighted by molar-refractivity contribution is 14.0. The summed E-state index contributed by atoms with van der Waals surface area (Å²) in [6.07, 6.45) is 2.29. The van der Waals surface area contributed by atoms with Crippen LogP contribution in [0.5, 0.6) is 0 Å². The second kappa shape index (κ2) is 12.0. The van der Waals surface area contributed by atoms with E-state index < -0.39 is 0 Å². The Bertz CT molecular complexity index is 163. The summed E-state index contributed by atoms with van der Waals surface area (Å²) < 4.78 is 5.38. The van der Waals surface area contributed by atoms with Crippen LogP contribution in [0.1, 0.15) is 33.6 Å². The van der Waals surface area contributed by atoms with Gasteiger partial charge in [-0.25, -0.2) is 0 Å². The summed E-state index contributed by atoms with van der Waals surface area (Å²) in [6.45, 7) is 8.53. The number of guanidine groups is 1. The smallest absolute Gasteiger partial charge is 0.188 e. The number of rotatable bonds is 7. The zero-order valence-corrected chi connectivity index (χ0v) is 12.3. The lowest BCUT2D eigenvalue weighted by Gasteiger charge is -2.08. The lowest BCUT2D eigenvalue weighted by atomic mass is 10.4. The van der Waals surface area contributed by atoms with Gasteiger partial charge in [0.2, 0.25) is 0 Å². The minimum absolute atomic E-state index is 0. The van der Waals surface area contributed by atoms with Crippen molar-refractivity contribution >= 4 is 29.9 Å². The second-order valence-corrected chi connectivity index (χ2v) is 3.47. The van der Waals surface area contributed by atoms with Gasteiger partial charge in [0.25, 0.3) is 0 Å². The van der Waals surface area contributed by atoms with Crippen molar-refractivity contribution in [3.05, 3.63) is 0 Å². The molecule has 0 saturated heterocycles. The van der Waals surface area contributed by atoms with Gasteiger partial charge in [-0.15, -0.1) is 24.0 Å². The van der Waals surface area contributed by atoms with Gasteiger partial charge in [-0.3, -0.25) is 4.99 Å². The maximum atomic E-state index is 5.60. The fourth-order valence-electron chi connectivity index (χ4n) is 0.896. The van der Waals surface area contributed by atoms with Gasteiger partial charge in [0.15, 0.2) is 5.96 Å². The SMILES string of the molecule is CCCN=C(N)NCCCOC(C)C.I. The topological polar surface area (TPSA) is 59.6 Å². The number of nitrogens with zero attached hydrogens (tertiary/aromatic N) is 1. The highest BCUT2D eigenvalue weighted by Gasteiger charge is 1.93. The number of halogens is 1. The highest BCUT2D eigenvalue weighted by atomic mass is 127. The molecule has 0 aliphatic heterocycles. The molecule has 0 aliphatic rings. The summed E-state index contributed by atoms with van der Waals surface area (Å²) in [5.74, 6) is 0.538. The summed E-state index contributed by atoms with van der Waals surface area (Å²) in [5.41, 5.74) is 5.60. The molecule has 0 aromatic heterocycles. The Balaban J connectivity index is 0. The third-order valence-electron chi connectivity index (χ3n) is 1.58. The quantitative estimate of drug-likeness (QED) is 0.324. The van der Waals surface area contributed by atoms with E-state index in [-0.39, 0.29) is 24.0 Å². The summed E-state index contributed by atoms with van der Waals surface area (Å²) >= 11 is 0. The van der Waals surface area contributed by atoms with Crippen LogP contribution in [-0.4, -0.2) is 31.8 Å². The van der Waals surface area contributed by atoms with E-state index in [0.29, 0.717) is 12.1 Å². The zero-order valence-electron chi connectivity index (χ0n) is 9.95. The van der Waals surface area contributed by atoms with E-state index >= 15 is 0 Å². The molecule has 0 spiro atoms. The molecule has 0 bridgehead atoms. The molecular weight excluding hydrogens is 305 g/mol. The average molecular weight is 329 g/mol. The van der Waals surface area contributed by atoms with Gasteiger partial charge in [0, 0.05) is 19.7 Å². The zero-order chi connectivity index (χ0) is 10.8. The predicted octanol–water partition coefficient (Wildman–Crippen LogP) is 1.73. The molecule has 0 fully saturated rings. The number of nitrogens with one attached hydrogen (secondary N) is 1. The normalized spacial score (nSPS) is 11.3. The number of hydrogen-bond donors (Lipinski definition) is 2. The molecular formula is C10H24IN3O. The van der Waals surface area contributed by atoms with Gasteiger partial charge >= 0.3 is 0 Å². The van der Waals surface area contributed by atoms with Gasteiger partial charge in [-0.1, -0.05) is 6.92 Å². The van der Waals surface area contributed by atoms with E-state index in [4.69, 9.17) is 10.5 Å². The Labute approximate surface area is 110 Å². The van der Waals surface area contributed by atoms with Crippen molar-refractivity contribution < 1.29 is 4.74 Å². The van der Waals surface area contributed by atoms with E-state index in [1.165, 1.54) is 0 Å². The highest BCUT2D eigenvalue weighted by Crippen LogP contribution is 1.88. The summed E-state index contributed by atoms with van der Waals surface area (Å²) in [7, 11) is 0. The van der Waals surface area contributed by atoms with Gasteiger partial charge in [0.05, 0.1) is 6.10 Å². The molecule has 15 heavy (non-hydrogen) atoms. The van der Waals surface area contributed by atoms with E-state index in [9.17, 15) is 0 Å². The van der Waals surface area contributed by atoms with Crippen LogP contribution in [0.15, 0.2) is 4.99 Å². The molecule has 0 aliphatic carbocycles. The van der Waals surface area contributed by atoms with E-state index in [0.717, 1.165) is 32.5 Å². The van der Waals surface area contributed by atoms with Crippen molar-refractivity contribution in [2.24, 2.45) is 10.7 Å². The van der Waals surface area contributed by atoms with E-state index in [1.54, 1.807) is 0 Å². The maximum absolute atomic E-state index is 5.60. The van der Waals surface area contributed by atoms with Gasteiger partial charge in [0.1, 0.15) is 0 Å². The lowest BCUT2D eigenvalue weighted by Crippen LogP contribution is -2.33. The molecule has 0 aromatic rings. The van der Waals surface area contributed by atoms with Crippen LogP contribution >= 0.6 is 24.0 Å². The number of hydrogen-bond acceptors (Lipinski definition) is 2. The van der Waals surface area contributed by atoms with Crippen LogP contribution in [0.3, 0.4) is 0 Å². The van der Waals surface area contributed by atoms with Crippen LogP contribution in [-0.2, 0) is 4.74 Å². The number of aliphatic imine (C=N–C) groups is 1. The minimum Gasteiger partial charge on any atom is -0.379 e. The largest absolute Gasteiger partial charge is 0.379 e. The third-order valence-corrected chi connectivity index (χ3v) is 1.58. The third kappa shape index (κ3) is 14.0. The maximum Gasteiger partial charge on any atom is 0.188 e. The molecule has 0 amide bonds. The molecule has 0 rings (SSSR count). The van der Waals surface area contributed by atoms with Crippen molar-refractivity contribution in [3.63, 3.8) is 0 Å². The van der Waals surface area contributed by atoms with E-state index in [1.807, 2.05) is 13.8 Å². The van der Waals surface area contributed by atoms with Crippen LogP contribution in [0, 0.1) is 0 Å². The number of ether oxygens (including phenoxy) is 1. The van der Waals surface area contributed by atoms with Crippen molar-refractivity contribution in [3.8, 4) is 0 Å². The molecule has 0 aromatic carbocycles. The van der Waals surface area contributed by atoms with Crippen LogP contribution in [0.2, 0.25) is 0 Å². The first-order valence-corrected chi connectivity index (χ1v) is 5.32. The first kappa shape index (κ1) is 17.4. The minimum atomic E-state index is 0. The molecule has 0 heterocycles. The Morgan fingerprint density at radius 2 is 2.13 bits per heavy atom. The lowest BCUT2D eigenvalue weighted by molar-refractivity contribution is 0.0777. The number of nitrogens with two attached hydrogens (primary N) is 1.